The molecule has 1 spiro atoms. The molecular weight excluding hydrogens is 392 g/mol. The van der Waals surface area contributed by atoms with Crippen molar-refractivity contribution in [1.29, 1.82) is 0 Å². The van der Waals surface area contributed by atoms with Crippen LogP contribution in [0.15, 0.2) is 29.3 Å². The van der Waals surface area contributed by atoms with Gasteiger partial charge in [-0.15, -0.1) is 0 Å². The normalized spacial score (nSPS) is 26.6. The van der Waals surface area contributed by atoms with E-state index in [0.29, 0.717) is 17.6 Å². The number of aliphatic imine (C=N–C) groups is 1. The minimum Gasteiger partial charge on any atom is -0.497 e. The van der Waals surface area contributed by atoms with Gasteiger partial charge in [0, 0.05) is 44.7 Å². The summed E-state index contributed by atoms with van der Waals surface area (Å²) in [5, 5.41) is 7.32. The summed E-state index contributed by atoms with van der Waals surface area (Å²) in [5.41, 5.74) is 1.59. The summed E-state index contributed by atoms with van der Waals surface area (Å²) in [5.74, 6) is 1.77. The quantitative estimate of drug-likeness (QED) is 0.488. The molecule has 3 atom stereocenters. The van der Waals surface area contributed by atoms with Crippen molar-refractivity contribution < 1.29 is 14.2 Å². The SMILES string of the molecule is CCOC1CC(NC(=NC)NCC(c2ccc(OC)cc2)N2CCOCC2)C12CCC2. The van der Waals surface area contributed by atoms with E-state index in [9.17, 15) is 0 Å². The van der Waals surface area contributed by atoms with Crippen LogP contribution < -0.4 is 15.4 Å². The van der Waals surface area contributed by atoms with Gasteiger partial charge >= 0.3 is 0 Å². The summed E-state index contributed by atoms with van der Waals surface area (Å²) < 4.78 is 16.9. The first kappa shape index (κ1) is 22.4. The van der Waals surface area contributed by atoms with E-state index in [0.717, 1.165) is 57.6 Å². The van der Waals surface area contributed by atoms with Gasteiger partial charge in [-0.25, -0.2) is 0 Å². The van der Waals surface area contributed by atoms with Crippen LogP contribution in [0.25, 0.3) is 0 Å². The van der Waals surface area contributed by atoms with E-state index in [2.05, 4.69) is 39.6 Å². The Morgan fingerprint density at radius 2 is 2.00 bits per heavy atom. The van der Waals surface area contributed by atoms with Gasteiger partial charge in [-0.2, -0.15) is 0 Å². The van der Waals surface area contributed by atoms with Crippen LogP contribution in [0.4, 0.5) is 0 Å². The Kier molecular flexibility index (Phi) is 7.35. The molecule has 7 heteroatoms. The van der Waals surface area contributed by atoms with Gasteiger partial charge in [-0.3, -0.25) is 9.89 Å². The molecule has 2 N–H and O–H groups in total. The van der Waals surface area contributed by atoms with E-state index in [-0.39, 0.29) is 6.04 Å². The van der Waals surface area contributed by atoms with Crippen molar-refractivity contribution in [2.45, 2.75) is 50.8 Å². The Bertz CT molecular complexity index is 729. The monoisotopic (exact) mass is 430 g/mol. The predicted octanol–water partition coefficient (Wildman–Crippen LogP) is 2.58. The Morgan fingerprint density at radius 1 is 1.26 bits per heavy atom. The van der Waals surface area contributed by atoms with Gasteiger partial charge in [-0.1, -0.05) is 18.6 Å². The summed E-state index contributed by atoms with van der Waals surface area (Å²) in [6.07, 6.45) is 5.30. The molecule has 2 aliphatic carbocycles. The Labute approximate surface area is 186 Å². The topological polar surface area (TPSA) is 67.3 Å². The third kappa shape index (κ3) is 4.69. The lowest BCUT2D eigenvalue weighted by atomic mass is 9.51. The van der Waals surface area contributed by atoms with Gasteiger partial charge in [-0.05, 0) is 43.9 Å². The summed E-state index contributed by atoms with van der Waals surface area (Å²) >= 11 is 0. The third-order valence-corrected chi connectivity index (χ3v) is 7.42. The highest BCUT2D eigenvalue weighted by atomic mass is 16.5. The van der Waals surface area contributed by atoms with Gasteiger partial charge in [0.2, 0.25) is 0 Å². The standard InChI is InChI=1S/C24H38N4O3/c1-4-31-22-16-21(24(22)10-5-11-24)27-23(25-2)26-17-20(28-12-14-30-15-13-28)18-6-8-19(29-3)9-7-18/h6-9,20-22H,4-5,10-17H2,1-3H3,(H2,25,26,27). The van der Waals surface area contributed by atoms with Crippen molar-refractivity contribution in [2.75, 3.05) is 53.6 Å². The molecule has 2 saturated carbocycles. The molecule has 1 aromatic rings. The second kappa shape index (κ2) is 10.2. The average molecular weight is 431 g/mol. The fourth-order valence-electron chi connectivity index (χ4n) is 5.37. The Morgan fingerprint density at radius 3 is 2.58 bits per heavy atom. The average Bonchev–Trinajstić information content (AvgIpc) is 2.77. The second-order valence-electron chi connectivity index (χ2n) is 8.85. The molecule has 1 heterocycles. The number of rotatable bonds is 8. The number of morpholine rings is 1. The fourth-order valence-corrected chi connectivity index (χ4v) is 5.37. The summed E-state index contributed by atoms with van der Waals surface area (Å²) in [6, 6.07) is 9.12. The molecule has 1 saturated heterocycles. The zero-order valence-corrected chi connectivity index (χ0v) is 19.2. The van der Waals surface area contributed by atoms with Crippen molar-refractivity contribution in [3.63, 3.8) is 0 Å². The van der Waals surface area contributed by atoms with Crippen LogP contribution in [0.2, 0.25) is 0 Å². The minimum atomic E-state index is 0.253. The van der Waals surface area contributed by atoms with E-state index in [4.69, 9.17) is 14.2 Å². The molecule has 3 aliphatic rings. The number of ether oxygens (including phenoxy) is 3. The molecule has 0 amide bonds. The van der Waals surface area contributed by atoms with Crippen LogP contribution >= 0.6 is 0 Å². The number of hydrogen-bond acceptors (Lipinski definition) is 5. The second-order valence-corrected chi connectivity index (χ2v) is 8.85. The lowest BCUT2D eigenvalue weighted by molar-refractivity contribution is -0.168. The molecule has 3 unspecified atom stereocenters. The van der Waals surface area contributed by atoms with Crippen LogP contribution in [0, 0.1) is 5.41 Å². The van der Waals surface area contributed by atoms with Crippen molar-refractivity contribution >= 4 is 5.96 Å². The molecule has 31 heavy (non-hydrogen) atoms. The van der Waals surface area contributed by atoms with Gasteiger partial charge in [0.1, 0.15) is 5.75 Å². The lowest BCUT2D eigenvalue weighted by Crippen LogP contribution is -2.68. The summed E-state index contributed by atoms with van der Waals surface area (Å²) in [4.78, 5) is 7.03. The number of guanidine groups is 1. The first-order valence-electron chi connectivity index (χ1n) is 11.7. The molecule has 3 fully saturated rings. The zero-order chi connectivity index (χ0) is 21.7. The van der Waals surface area contributed by atoms with Crippen LogP contribution in [-0.4, -0.2) is 76.6 Å². The molecule has 7 nitrogen and oxygen atoms in total. The van der Waals surface area contributed by atoms with Crippen molar-refractivity contribution in [1.82, 2.24) is 15.5 Å². The third-order valence-electron chi connectivity index (χ3n) is 7.42. The van der Waals surface area contributed by atoms with Crippen LogP contribution in [0.3, 0.4) is 0 Å². The number of benzene rings is 1. The van der Waals surface area contributed by atoms with E-state index >= 15 is 0 Å². The first-order chi connectivity index (χ1) is 15.2. The smallest absolute Gasteiger partial charge is 0.191 e. The Balaban J connectivity index is 1.39. The molecule has 0 radical (unpaired) electrons. The van der Waals surface area contributed by atoms with E-state index in [1.807, 2.05) is 19.2 Å². The van der Waals surface area contributed by atoms with Crippen LogP contribution in [-0.2, 0) is 9.47 Å². The fraction of sp³-hybridized carbons (Fsp3) is 0.708. The van der Waals surface area contributed by atoms with E-state index in [1.54, 1.807) is 7.11 Å². The highest BCUT2D eigenvalue weighted by molar-refractivity contribution is 5.80. The maximum atomic E-state index is 6.01. The zero-order valence-electron chi connectivity index (χ0n) is 19.2. The summed E-state index contributed by atoms with van der Waals surface area (Å²) in [6.45, 7) is 7.12. The lowest BCUT2D eigenvalue weighted by Gasteiger charge is -2.61. The van der Waals surface area contributed by atoms with Crippen molar-refractivity contribution in [2.24, 2.45) is 10.4 Å². The minimum absolute atomic E-state index is 0.253. The van der Waals surface area contributed by atoms with Gasteiger partial charge in [0.05, 0.1) is 32.5 Å². The Hall–Kier alpha value is -1.83. The molecule has 172 valence electrons. The van der Waals surface area contributed by atoms with Crippen LogP contribution in [0.5, 0.6) is 5.75 Å². The van der Waals surface area contributed by atoms with Gasteiger partial charge < -0.3 is 24.8 Å². The van der Waals surface area contributed by atoms with E-state index < -0.39 is 0 Å². The maximum Gasteiger partial charge on any atom is 0.191 e. The molecule has 4 rings (SSSR count). The van der Waals surface area contributed by atoms with Crippen molar-refractivity contribution in [3.8, 4) is 5.75 Å². The van der Waals surface area contributed by atoms with Crippen molar-refractivity contribution in [3.05, 3.63) is 29.8 Å². The molecule has 1 aromatic carbocycles. The highest BCUT2D eigenvalue weighted by Crippen LogP contribution is 2.57. The van der Waals surface area contributed by atoms with Gasteiger partial charge in [0.25, 0.3) is 0 Å². The van der Waals surface area contributed by atoms with Crippen LogP contribution in [0.1, 0.15) is 44.2 Å². The van der Waals surface area contributed by atoms with E-state index in [1.165, 1.54) is 24.8 Å². The number of hydrogen-bond donors (Lipinski definition) is 2. The first-order valence-corrected chi connectivity index (χ1v) is 11.7. The highest BCUT2D eigenvalue weighted by Gasteiger charge is 2.59. The number of nitrogens with one attached hydrogen (secondary N) is 2. The predicted molar refractivity (Wildman–Crippen MR) is 123 cm³/mol. The molecule has 0 aromatic heterocycles. The maximum absolute atomic E-state index is 6.01. The van der Waals surface area contributed by atoms with Gasteiger partial charge in [0.15, 0.2) is 5.96 Å². The molecule has 1 aliphatic heterocycles. The molecule has 0 bridgehead atoms. The summed E-state index contributed by atoms with van der Waals surface area (Å²) in [7, 11) is 3.57. The number of methoxy groups -OCH3 is 1. The largest absolute Gasteiger partial charge is 0.497 e. The number of nitrogens with zero attached hydrogens (tertiary/aromatic N) is 2. The molecular formula is C24H38N4O3.